The van der Waals surface area contributed by atoms with Gasteiger partial charge in [-0.25, -0.2) is 4.79 Å². The van der Waals surface area contributed by atoms with E-state index in [4.69, 9.17) is 0 Å². The van der Waals surface area contributed by atoms with Gasteiger partial charge in [-0.2, -0.15) is 0 Å². The fourth-order valence-electron chi connectivity index (χ4n) is 2.13. The van der Waals surface area contributed by atoms with Crippen LogP contribution < -0.4 is 10.6 Å². The summed E-state index contributed by atoms with van der Waals surface area (Å²) < 4.78 is 0. The quantitative estimate of drug-likeness (QED) is 0.566. The monoisotopic (exact) mass is 197 g/mol. The Morgan fingerprint density at radius 3 is 2.71 bits per heavy atom. The third kappa shape index (κ3) is 1.48. The number of urea groups is 1. The van der Waals surface area contributed by atoms with E-state index in [9.17, 15) is 9.59 Å². The second-order valence-electron chi connectivity index (χ2n) is 3.88. The van der Waals surface area contributed by atoms with Gasteiger partial charge in [0, 0.05) is 12.6 Å². The molecular weight excluding hydrogens is 182 g/mol. The van der Waals surface area contributed by atoms with E-state index in [1.165, 1.54) is 0 Å². The molecule has 2 fully saturated rings. The first-order valence-corrected chi connectivity index (χ1v) is 5.04. The van der Waals surface area contributed by atoms with Crippen LogP contribution in [0.25, 0.3) is 0 Å². The number of nitrogens with one attached hydrogen (secondary N) is 2. The van der Waals surface area contributed by atoms with Gasteiger partial charge in [-0.1, -0.05) is 0 Å². The second-order valence-corrected chi connectivity index (χ2v) is 3.88. The van der Waals surface area contributed by atoms with Gasteiger partial charge >= 0.3 is 6.03 Å². The van der Waals surface area contributed by atoms with Crippen molar-refractivity contribution in [3.63, 3.8) is 0 Å². The molecule has 0 aliphatic carbocycles. The minimum absolute atomic E-state index is 0.171. The van der Waals surface area contributed by atoms with E-state index in [-0.39, 0.29) is 24.0 Å². The molecule has 78 valence electrons. The van der Waals surface area contributed by atoms with Crippen LogP contribution in [0.4, 0.5) is 4.79 Å². The third-order valence-corrected chi connectivity index (χ3v) is 2.93. The van der Waals surface area contributed by atoms with E-state index in [1.807, 2.05) is 0 Å². The lowest BCUT2D eigenvalue weighted by atomic mass is 10.1. The number of rotatable bonds is 1. The number of carbonyl (C=O) groups excluding carboxylic acids is 2. The first-order chi connectivity index (χ1) is 6.70. The average Bonchev–Trinajstić information content (AvgIpc) is 2.43. The molecule has 2 aliphatic rings. The van der Waals surface area contributed by atoms with Gasteiger partial charge in [0.05, 0.1) is 0 Å². The molecule has 0 saturated carbocycles. The highest BCUT2D eigenvalue weighted by atomic mass is 16.2. The van der Waals surface area contributed by atoms with Gasteiger partial charge in [0.1, 0.15) is 6.04 Å². The Balaban J connectivity index is 2.08. The maximum absolute atomic E-state index is 11.5. The molecule has 2 aliphatic heterocycles. The molecule has 0 aromatic heterocycles. The van der Waals surface area contributed by atoms with Crippen LogP contribution in [0.1, 0.15) is 19.8 Å². The Hall–Kier alpha value is -1.10. The molecule has 2 saturated heterocycles. The zero-order chi connectivity index (χ0) is 10.1. The van der Waals surface area contributed by atoms with Crippen LogP contribution >= 0.6 is 0 Å². The molecular formula is C9H15N3O2. The van der Waals surface area contributed by atoms with Crippen LogP contribution in [0.5, 0.6) is 0 Å². The minimum atomic E-state index is -0.313. The molecule has 0 aromatic carbocycles. The molecule has 14 heavy (non-hydrogen) atoms. The molecule has 3 amide bonds. The fraction of sp³-hybridized carbons (Fsp3) is 0.778. The van der Waals surface area contributed by atoms with E-state index in [0.717, 1.165) is 25.9 Å². The van der Waals surface area contributed by atoms with Crippen LogP contribution in [0, 0.1) is 0 Å². The molecule has 0 spiro atoms. The minimum Gasteiger partial charge on any atom is -0.315 e. The molecule has 2 N–H and O–H groups in total. The van der Waals surface area contributed by atoms with Crippen molar-refractivity contribution in [2.24, 2.45) is 0 Å². The largest absolute Gasteiger partial charge is 0.325 e. The van der Waals surface area contributed by atoms with Gasteiger partial charge in [0.2, 0.25) is 0 Å². The van der Waals surface area contributed by atoms with Crippen molar-refractivity contribution in [3.05, 3.63) is 0 Å². The summed E-state index contributed by atoms with van der Waals surface area (Å²) in [5, 5.41) is 5.57. The lowest BCUT2D eigenvalue weighted by molar-refractivity contribution is -0.121. The van der Waals surface area contributed by atoms with Crippen LogP contribution in [0.15, 0.2) is 0 Å². The van der Waals surface area contributed by atoms with Crippen LogP contribution in [-0.2, 0) is 4.79 Å². The fourth-order valence-corrected chi connectivity index (χ4v) is 2.13. The first kappa shape index (κ1) is 9.45. The molecule has 5 heteroatoms. The zero-order valence-electron chi connectivity index (χ0n) is 8.25. The van der Waals surface area contributed by atoms with Crippen molar-refractivity contribution in [3.8, 4) is 0 Å². The third-order valence-electron chi connectivity index (χ3n) is 2.93. The number of piperidine rings is 1. The highest BCUT2D eigenvalue weighted by molar-refractivity contribution is 6.04. The topological polar surface area (TPSA) is 61.4 Å². The van der Waals surface area contributed by atoms with Gasteiger partial charge in [-0.3, -0.25) is 10.1 Å². The summed E-state index contributed by atoms with van der Waals surface area (Å²) in [5.74, 6) is -0.180. The summed E-state index contributed by atoms with van der Waals surface area (Å²) in [7, 11) is 0. The van der Waals surface area contributed by atoms with E-state index in [0.29, 0.717) is 0 Å². The second kappa shape index (κ2) is 3.57. The number of carbonyl (C=O) groups is 2. The Bertz CT molecular complexity index is 261. The van der Waals surface area contributed by atoms with E-state index in [2.05, 4.69) is 10.6 Å². The zero-order valence-corrected chi connectivity index (χ0v) is 8.25. The Morgan fingerprint density at radius 1 is 1.43 bits per heavy atom. The maximum atomic E-state index is 11.5. The molecule has 0 radical (unpaired) electrons. The number of hydrogen-bond donors (Lipinski definition) is 2. The van der Waals surface area contributed by atoms with Gasteiger partial charge in [0.15, 0.2) is 0 Å². The average molecular weight is 197 g/mol. The van der Waals surface area contributed by atoms with Gasteiger partial charge < -0.3 is 10.2 Å². The highest BCUT2D eigenvalue weighted by Gasteiger charge is 2.39. The smallest absolute Gasteiger partial charge is 0.315 e. The molecule has 0 bridgehead atoms. The van der Waals surface area contributed by atoms with E-state index < -0.39 is 0 Å². The summed E-state index contributed by atoms with van der Waals surface area (Å²) in [5.41, 5.74) is 0. The van der Waals surface area contributed by atoms with Crippen molar-refractivity contribution in [1.82, 2.24) is 15.5 Å². The molecule has 2 atom stereocenters. The predicted octanol–water partition coefficient (Wildman–Crippen LogP) is -0.321. The van der Waals surface area contributed by atoms with Crippen molar-refractivity contribution >= 4 is 11.9 Å². The molecule has 2 heterocycles. The van der Waals surface area contributed by atoms with Crippen LogP contribution in [0.2, 0.25) is 0 Å². The summed E-state index contributed by atoms with van der Waals surface area (Å²) in [6.45, 7) is 3.58. The molecule has 2 rings (SSSR count). The normalized spacial score (nSPS) is 33.4. The Labute approximate surface area is 82.8 Å². The summed E-state index contributed by atoms with van der Waals surface area (Å²) in [4.78, 5) is 24.4. The summed E-state index contributed by atoms with van der Waals surface area (Å²) in [6, 6.07) is -0.381. The molecule has 2 unspecified atom stereocenters. The predicted molar refractivity (Wildman–Crippen MR) is 50.7 cm³/mol. The van der Waals surface area contributed by atoms with E-state index in [1.54, 1.807) is 11.8 Å². The number of hydrogen-bond acceptors (Lipinski definition) is 3. The van der Waals surface area contributed by atoms with Crippen molar-refractivity contribution in [1.29, 1.82) is 0 Å². The van der Waals surface area contributed by atoms with Gasteiger partial charge in [0.25, 0.3) is 5.91 Å². The van der Waals surface area contributed by atoms with Gasteiger partial charge in [-0.05, 0) is 26.3 Å². The molecule has 0 aromatic rings. The van der Waals surface area contributed by atoms with Crippen LogP contribution in [-0.4, -0.2) is 42.0 Å². The summed E-state index contributed by atoms with van der Waals surface area (Å²) in [6.07, 6.45) is 2.05. The first-order valence-electron chi connectivity index (χ1n) is 5.04. The van der Waals surface area contributed by atoms with Crippen molar-refractivity contribution < 1.29 is 9.59 Å². The number of amides is 3. The van der Waals surface area contributed by atoms with Gasteiger partial charge in [-0.15, -0.1) is 0 Å². The summed E-state index contributed by atoms with van der Waals surface area (Å²) >= 11 is 0. The Kier molecular flexibility index (Phi) is 2.41. The lowest BCUT2D eigenvalue weighted by Crippen LogP contribution is -2.49. The van der Waals surface area contributed by atoms with E-state index >= 15 is 0 Å². The molecule has 5 nitrogen and oxygen atoms in total. The maximum Gasteiger partial charge on any atom is 0.325 e. The standard InChI is InChI=1S/C9H15N3O2/c1-6-8(13)11-9(14)12(6)7-3-2-4-10-5-7/h6-7,10H,2-5H2,1H3,(H,11,13,14). The van der Waals surface area contributed by atoms with Crippen LogP contribution in [0.3, 0.4) is 0 Å². The Morgan fingerprint density at radius 2 is 2.21 bits per heavy atom. The van der Waals surface area contributed by atoms with Crippen molar-refractivity contribution in [2.45, 2.75) is 31.8 Å². The highest BCUT2D eigenvalue weighted by Crippen LogP contribution is 2.17. The van der Waals surface area contributed by atoms with Crippen molar-refractivity contribution in [2.75, 3.05) is 13.1 Å². The number of imide groups is 1. The number of nitrogens with zero attached hydrogens (tertiary/aromatic N) is 1. The SMILES string of the molecule is CC1C(=O)NC(=O)N1C1CCCNC1. The lowest BCUT2D eigenvalue weighted by Gasteiger charge is -2.32.